The Hall–Kier alpha value is -2.37. The van der Waals surface area contributed by atoms with Crippen molar-refractivity contribution in [3.63, 3.8) is 0 Å². The maximum Gasteiger partial charge on any atom is 0.325 e. The van der Waals surface area contributed by atoms with E-state index in [1.807, 2.05) is 24.3 Å². The van der Waals surface area contributed by atoms with E-state index < -0.39 is 11.6 Å². The molecule has 1 aliphatic carbocycles. The molecule has 0 radical (unpaired) electrons. The average Bonchev–Trinajstić information content (AvgIpc) is 2.94. The van der Waals surface area contributed by atoms with Gasteiger partial charge >= 0.3 is 6.03 Å². The number of rotatable bonds is 2. The van der Waals surface area contributed by atoms with Crippen LogP contribution in [0.3, 0.4) is 0 Å². The van der Waals surface area contributed by atoms with Crippen LogP contribution in [-0.4, -0.2) is 48.3 Å². The lowest BCUT2D eigenvalue weighted by atomic mass is 9.92. The summed E-state index contributed by atoms with van der Waals surface area (Å²) in [6.45, 7) is -0.221. The Labute approximate surface area is 122 Å². The molecule has 1 aliphatic heterocycles. The van der Waals surface area contributed by atoms with Crippen molar-refractivity contribution < 1.29 is 14.4 Å². The Balaban J connectivity index is 1.93. The number of aryl methyl sites for hydroxylation is 1. The third-order valence-corrected chi connectivity index (χ3v) is 4.21. The number of imide groups is 1. The highest BCUT2D eigenvalue weighted by atomic mass is 16.2. The SMILES string of the molecule is CN(C)C(=O)CN1C(=O)N[C@@]2(CCc3ccccc32)C1=O. The maximum atomic E-state index is 12.7. The summed E-state index contributed by atoms with van der Waals surface area (Å²) >= 11 is 0. The van der Waals surface area contributed by atoms with Crippen LogP contribution < -0.4 is 5.32 Å². The van der Waals surface area contributed by atoms with Gasteiger partial charge in [-0.2, -0.15) is 0 Å². The van der Waals surface area contributed by atoms with Gasteiger partial charge < -0.3 is 10.2 Å². The highest BCUT2D eigenvalue weighted by Gasteiger charge is 2.55. The zero-order chi connectivity index (χ0) is 15.2. The van der Waals surface area contributed by atoms with E-state index in [2.05, 4.69) is 5.32 Å². The topological polar surface area (TPSA) is 69.7 Å². The van der Waals surface area contributed by atoms with Crippen LogP contribution in [0.15, 0.2) is 24.3 Å². The molecule has 6 nitrogen and oxygen atoms in total. The molecule has 21 heavy (non-hydrogen) atoms. The molecule has 1 fully saturated rings. The quantitative estimate of drug-likeness (QED) is 0.804. The second-order valence-corrected chi connectivity index (χ2v) is 5.67. The molecule has 1 atom stereocenters. The molecular formula is C15H17N3O3. The molecule has 3 rings (SSSR count). The minimum atomic E-state index is -0.986. The van der Waals surface area contributed by atoms with Crippen molar-refractivity contribution in [2.45, 2.75) is 18.4 Å². The van der Waals surface area contributed by atoms with Crippen molar-refractivity contribution in [2.24, 2.45) is 0 Å². The van der Waals surface area contributed by atoms with Crippen LogP contribution in [-0.2, 0) is 21.5 Å². The fourth-order valence-corrected chi connectivity index (χ4v) is 3.01. The van der Waals surface area contributed by atoms with E-state index in [4.69, 9.17) is 0 Å². The summed E-state index contributed by atoms with van der Waals surface area (Å²) in [7, 11) is 3.20. The zero-order valence-corrected chi connectivity index (χ0v) is 12.0. The second-order valence-electron chi connectivity index (χ2n) is 5.67. The Kier molecular flexibility index (Phi) is 2.97. The molecule has 1 heterocycles. The normalized spacial score (nSPS) is 23.4. The zero-order valence-electron chi connectivity index (χ0n) is 12.0. The summed E-state index contributed by atoms with van der Waals surface area (Å²) in [5.41, 5.74) is 0.940. The van der Waals surface area contributed by atoms with E-state index >= 15 is 0 Å². The van der Waals surface area contributed by atoms with Crippen molar-refractivity contribution in [3.05, 3.63) is 35.4 Å². The number of hydrogen-bond acceptors (Lipinski definition) is 3. The molecule has 6 heteroatoms. The lowest BCUT2D eigenvalue weighted by molar-refractivity contribution is -0.137. The summed E-state index contributed by atoms with van der Waals surface area (Å²) in [5.74, 6) is -0.602. The molecule has 1 aromatic rings. The lowest BCUT2D eigenvalue weighted by Gasteiger charge is -2.22. The van der Waals surface area contributed by atoms with Crippen LogP contribution in [0.5, 0.6) is 0 Å². The van der Waals surface area contributed by atoms with E-state index in [0.717, 1.165) is 22.4 Å². The summed E-state index contributed by atoms with van der Waals surface area (Å²) in [6.07, 6.45) is 1.29. The molecule has 110 valence electrons. The number of nitrogens with zero attached hydrogens (tertiary/aromatic N) is 2. The van der Waals surface area contributed by atoms with E-state index in [-0.39, 0.29) is 18.4 Å². The number of benzene rings is 1. The molecule has 1 saturated heterocycles. The molecule has 1 aromatic carbocycles. The smallest absolute Gasteiger partial charge is 0.325 e. The third kappa shape index (κ3) is 1.90. The number of hydrogen-bond donors (Lipinski definition) is 1. The fourth-order valence-electron chi connectivity index (χ4n) is 3.01. The summed E-state index contributed by atoms with van der Waals surface area (Å²) < 4.78 is 0. The highest BCUT2D eigenvalue weighted by Crippen LogP contribution is 2.41. The van der Waals surface area contributed by atoms with Gasteiger partial charge in [-0.25, -0.2) is 4.79 Å². The van der Waals surface area contributed by atoms with Crippen molar-refractivity contribution in [3.8, 4) is 0 Å². The summed E-state index contributed by atoms with van der Waals surface area (Å²) in [4.78, 5) is 39.0. The molecule has 1 N–H and O–H groups in total. The predicted molar refractivity (Wildman–Crippen MR) is 75.4 cm³/mol. The van der Waals surface area contributed by atoms with E-state index in [9.17, 15) is 14.4 Å². The Morgan fingerprint density at radius 2 is 2.05 bits per heavy atom. The first kappa shape index (κ1) is 13.6. The van der Waals surface area contributed by atoms with Gasteiger partial charge in [0.25, 0.3) is 5.91 Å². The van der Waals surface area contributed by atoms with E-state index in [0.29, 0.717) is 6.42 Å². The molecule has 0 saturated carbocycles. The number of nitrogens with one attached hydrogen (secondary N) is 1. The predicted octanol–water partition coefficient (Wildman–Crippen LogP) is 0.468. The fraction of sp³-hybridized carbons (Fsp3) is 0.400. The van der Waals surface area contributed by atoms with E-state index in [1.165, 1.54) is 4.90 Å². The number of carbonyl (C=O) groups is 3. The van der Waals surface area contributed by atoms with Gasteiger partial charge in [-0.3, -0.25) is 14.5 Å². The molecule has 4 amide bonds. The molecule has 0 aromatic heterocycles. The molecule has 2 aliphatic rings. The van der Waals surface area contributed by atoms with Gasteiger partial charge in [0.2, 0.25) is 5.91 Å². The van der Waals surface area contributed by atoms with Gasteiger partial charge in [-0.15, -0.1) is 0 Å². The minimum absolute atomic E-state index is 0.221. The largest absolute Gasteiger partial charge is 0.347 e. The minimum Gasteiger partial charge on any atom is -0.347 e. The first-order valence-corrected chi connectivity index (χ1v) is 6.88. The van der Waals surface area contributed by atoms with Crippen LogP contribution in [0.25, 0.3) is 0 Å². The first-order valence-electron chi connectivity index (χ1n) is 6.88. The van der Waals surface area contributed by atoms with Crippen LogP contribution in [0.4, 0.5) is 4.79 Å². The highest BCUT2D eigenvalue weighted by molar-refractivity contribution is 6.09. The van der Waals surface area contributed by atoms with Crippen LogP contribution in [0, 0.1) is 0 Å². The summed E-state index contributed by atoms with van der Waals surface area (Å²) in [6, 6.07) is 7.13. The average molecular weight is 287 g/mol. The number of urea groups is 1. The second kappa shape index (κ2) is 4.58. The lowest BCUT2D eigenvalue weighted by Crippen LogP contribution is -2.43. The molecule has 1 spiro atoms. The van der Waals surface area contributed by atoms with Gasteiger partial charge in [-0.05, 0) is 24.0 Å². The van der Waals surface area contributed by atoms with Crippen molar-refractivity contribution in [1.82, 2.24) is 15.1 Å². The van der Waals surface area contributed by atoms with Crippen LogP contribution >= 0.6 is 0 Å². The number of carbonyl (C=O) groups excluding carboxylic acids is 3. The number of fused-ring (bicyclic) bond motifs is 2. The number of amides is 4. The van der Waals surface area contributed by atoms with Gasteiger partial charge in [0.05, 0.1) is 0 Å². The van der Waals surface area contributed by atoms with Gasteiger partial charge in [0, 0.05) is 14.1 Å². The van der Waals surface area contributed by atoms with E-state index in [1.54, 1.807) is 14.1 Å². The molecule has 0 bridgehead atoms. The van der Waals surface area contributed by atoms with Gasteiger partial charge in [0.15, 0.2) is 0 Å². The van der Waals surface area contributed by atoms with Gasteiger partial charge in [-0.1, -0.05) is 24.3 Å². The monoisotopic (exact) mass is 287 g/mol. The Morgan fingerprint density at radius 1 is 1.33 bits per heavy atom. The Morgan fingerprint density at radius 3 is 2.76 bits per heavy atom. The van der Waals surface area contributed by atoms with Crippen molar-refractivity contribution in [1.29, 1.82) is 0 Å². The maximum absolute atomic E-state index is 12.7. The van der Waals surface area contributed by atoms with Crippen LogP contribution in [0.1, 0.15) is 17.5 Å². The Bertz CT molecular complexity index is 641. The molecule has 0 unspecified atom stereocenters. The standard InChI is InChI=1S/C15H17N3O3/c1-17(2)12(19)9-18-13(20)15(16-14(18)21)8-7-10-5-3-4-6-11(10)15/h3-6H,7-9H2,1-2H3,(H,16,21)/t15-/m1/s1. The number of likely N-dealkylation sites (N-methyl/N-ethyl adjacent to an activating group) is 1. The van der Waals surface area contributed by atoms with Crippen LogP contribution in [0.2, 0.25) is 0 Å². The first-order chi connectivity index (χ1) is 9.95. The van der Waals surface area contributed by atoms with Crippen molar-refractivity contribution in [2.75, 3.05) is 20.6 Å². The van der Waals surface area contributed by atoms with Crippen molar-refractivity contribution >= 4 is 17.8 Å². The molecular weight excluding hydrogens is 270 g/mol. The van der Waals surface area contributed by atoms with Gasteiger partial charge in [0.1, 0.15) is 12.1 Å². The third-order valence-electron chi connectivity index (χ3n) is 4.21. The summed E-state index contributed by atoms with van der Waals surface area (Å²) in [5, 5.41) is 2.80.